The van der Waals surface area contributed by atoms with Crippen LogP contribution in [0.1, 0.15) is 42.4 Å². The summed E-state index contributed by atoms with van der Waals surface area (Å²) in [6, 6.07) is 19.6. The van der Waals surface area contributed by atoms with Crippen LogP contribution in [-0.4, -0.2) is 42.6 Å². The van der Waals surface area contributed by atoms with Crippen molar-refractivity contribution in [1.82, 2.24) is 15.2 Å². The molecule has 1 aliphatic rings. The zero-order valence-electron chi connectivity index (χ0n) is 20.9. The number of ether oxygens (including phenoxy) is 3. The minimum Gasteiger partial charge on any atom is -0.490 e. The van der Waals surface area contributed by atoms with Gasteiger partial charge in [-0.1, -0.05) is 55.3 Å². The van der Waals surface area contributed by atoms with Crippen molar-refractivity contribution < 1.29 is 19.0 Å². The number of benzene rings is 2. The number of nitrogens with zero attached hydrogens (tertiary/aromatic N) is 2. The minimum absolute atomic E-state index is 0.00607. The van der Waals surface area contributed by atoms with Gasteiger partial charge in [0.05, 0.1) is 19.8 Å². The summed E-state index contributed by atoms with van der Waals surface area (Å²) in [6.07, 6.45) is 5.88. The van der Waals surface area contributed by atoms with Crippen molar-refractivity contribution in [2.24, 2.45) is 0 Å². The van der Waals surface area contributed by atoms with Gasteiger partial charge >= 0.3 is 0 Å². The van der Waals surface area contributed by atoms with E-state index in [1.807, 2.05) is 60.7 Å². The third-order valence-electron chi connectivity index (χ3n) is 6.19. The van der Waals surface area contributed by atoms with Crippen molar-refractivity contribution in [3.63, 3.8) is 0 Å². The molecule has 0 unspecified atom stereocenters. The van der Waals surface area contributed by atoms with Gasteiger partial charge in [0.2, 0.25) is 11.8 Å². The van der Waals surface area contributed by atoms with E-state index in [4.69, 9.17) is 14.2 Å². The summed E-state index contributed by atoms with van der Waals surface area (Å²) in [7, 11) is 1.68. The number of para-hydroxylation sites is 2. The van der Waals surface area contributed by atoms with Crippen LogP contribution >= 0.6 is 0 Å². The van der Waals surface area contributed by atoms with Gasteiger partial charge in [0.15, 0.2) is 11.5 Å². The van der Waals surface area contributed by atoms with Gasteiger partial charge < -0.3 is 19.5 Å². The molecule has 0 bridgehead atoms. The van der Waals surface area contributed by atoms with E-state index >= 15 is 0 Å². The van der Waals surface area contributed by atoms with E-state index in [1.165, 1.54) is 0 Å². The number of amides is 1. The Morgan fingerprint density at radius 1 is 0.972 bits per heavy atom. The van der Waals surface area contributed by atoms with Crippen molar-refractivity contribution in [2.75, 3.05) is 26.8 Å². The number of hydrogen-bond acceptors (Lipinski definition) is 6. The highest BCUT2D eigenvalue weighted by Crippen LogP contribution is 2.32. The third-order valence-corrected chi connectivity index (χ3v) is 6.19. The summed E-state index contributed by atoms with van der Waals surface area (Å²) in [5.41, 5.74) is 3.08. The normalized spacial score (nSPS) is 14.9. The molecule has 2 aromatic carbocycles. The molecule has 2 heterocycles. The average Bonchev–Trinajstić information content (AvgIpc) is 2.89. The fourth-order valence-electron chi connectivity index (χ4n) is 4.30. The molecule has 190 valence electrons. The molecule has 1 N–H and O–H groups in total. The van der Waals surface area contributed by atoms with Gasteiger partial charge in [-0.15, -0.1) is 0 Å². The van der Waals surface area contributed by atoms with Gasteiger partial charge in [-0.05, 0) is 48.7 Å². The number of methoxy groups -OCH3 is 1. The van der Waals surface area contributed by atoms with E-state index in [2.05, 4.69) is 15.2 Å². The smallest absolute Gasteiger partial charge is 0.234 e. The van der Waals surface area contributed by atoms with E-state index in [1.54, 1.807) is 13.3 Å². The van der Waals surface area contributed by atoms with E-state index in [9.17, 15) is 4.79 Å². The van der Waals surface area contributed by atoms with E-state index in [0.29, 0.717) is 44.5 Å². The van der Waals surface area contributed by atoms with E-state index in [-0.39, 0.29) is 5.91 Å². The molecule has 0 spiro atoms. The molecule has 3 aromatic rings. The van der Waals surface area contributed by atoms with Gasteiger partial charge in [-0.25, -0.2) is 4.98 Å². The number of rotatable bonds is 6. The summed E-state index contributed by atoms with van der Waals surface area (Å²) >= 11 is 0. The number of pyridine rings is 1. The van der Waals surface area contributed by atoms with Crippen LogP contribution in [0.15, 0.2) is 66.9 Å². The summed E-state index contributed by atoms with van der Waals surface area (Å²) in [4.78, 5) is 19.6. The zero-order chi connectivity index (χ0) is 25.0. The molecule has 1 aliphatic heterocycles. The van der Waals surface area contributed by atoms with Crippen LogP contribution in [0.25, 0.3) is 0 Å². The molecule has 1 amide bonds. The summed E-state index contributed by atoms with van der Waals surface area (Å²) in [6.45, 7) is 3.34. The maximum absolute atomic E-state index is 13.0. The standard InChI is InChI=1S/C29H35N3O4/c1-34-22-25-12-5-4-11-23(25)19-31-28(33)21-32-17-8-2-3-9-18-35-26-14-6-7-15-27(26)36-29-24(20-32)13-10-16-30-29/h4-7,10-16H,2-3,8-9,17-22H2,1H3,(H,31,33). The number of aromatic nitrogens is 1. The largest absolute Gasteiger partial charge is 0.490 e. The van der Waals surface area contributed by atoms with Crippen molar-refractivity contribution in [1.29, 1.82) is 0 Å². The highest BCUT2D eigenvalue weighted by Gasteiger charge is 2.17. The lowest BCUT2D eigenvalue weighted by Gasteiger charge is -2.23. The monoisotopic (exact) mass is 489 g/mol. The van der Waals surface area contributed by atoms with E-state index in [0.717, 1.165) is 54.7 Å². The highest BCUT2D eigenvalue weighted by molar-refractivity contribution is 5.78. The molecule has 7 heteroatoms. The van der Waals surface area contributed by atoms with Gasteiger partial charge in [0.25, 0.3) is 0 Å². The number of nitrogens with one attached hydrogen (secondary N) is 1. The SMILES string of the molecule is COCc1ccccc1CNC(=O)CN1CCCCCCOc2ccccc2Oc2ncccc2C1. The lowest BCUT2D eigenvalue weighted by Crippen LogP contribution is -2.37. The Labute approximate surface area is 213 Å². The Balaban J connectivity index is 1.46. The zero-order valence-corrected chi connectivity index (χ0v) is 20.9. The molecular weight excluding hydrogens is 454 g/mol. The minimum atomic E-state index is -0.00607. The molecule has 36 heavy (non-hydrogen) atoms. The van der Waals surface area contributed by atoms with Crippen LogP contribution in [0.2, 0.25) is 0 Å². The third kappa shape index (κ3) is 7.54. The first-order valence-electron chi connectivity index (χ1n) is 12.6. The first-order valence-corrected chi connectivity index (χ1v) is 12.6. The first-order chi connectivity index (χ1) is 17.7. The van der Waals surface area contributed by atoms with Crippen LogP contribution in [0.3, 0.4) is 0 Å². The molecular formula is C29H35N3O4. The molecule has 0 atom stereocenters. The molecule has 0 saturated carbocycles. The Bertz CT molecular complexity index is 1120. The number of carbonyl (C=O) groups is 1. The summed E-state index contributed by atoms with van der Waals surface area (Å²) in [5.74, 6) is 1.89. The molecule has 0 saturated heterocycles. The lowest BCUT2D eigenvalue weighted by molar-refractivity contribution is -0.122. The quantitative estimate of drug-likeness (QED) is 0.520. The second-order valence-corrected chi connectivity index (χ2v) is 8.97. The van der Waals surface area contributed by atoms with Gasteiger partial charge in [0.1, 0.15) is 0 Å². The van der Waals surface area contributed by atoms with Crippen molar-refractivity contribution in [2.45, 2.75) is 45.4 Å². The van der Waals surface area contributed by atoms with E-state index < -0.39 is 0 Å². The van der Waals surface area contributed by atoms with Crippen molar-refractivity contribution in [3.8, 4) is 17.4 Å². The molecule has 0 radical (unpaired) electrons. The second kappa shape index (κ2) is 13.6. The average molecular weight is 490 g/mol. The van der Waals surface area contributed by atoms with Crippen LogP contribution in [0.4, 0.5) is 0 Å². The van der Waals surface area contributed by atoms with Gasteiger partial charge in [-0.3, -0.25) is 9.69 Å². The van der Waals surface area contributed by atoms with Crippen LogP contribution in [0, 0.1) is 0 Å². The maximum atomic E-state index is 13.0. The van der Waals surface area contributed by atoms with Crippen LogP contribution < -0.4 is 14.8 Å². The summed E-state index contributed by atoms with van der Waals surface area (Å²) < 4.78 is 17.5. The summed E-state index contributed by atoms with van der Waals surface area (Å²) in [5, 5.41) is 3.09. The van der Waals surface area contributed by atoms with Crippen molar-refractivity contribution >= 4 is 5.91 Å². The Hall–Kier alpha value is -3.42. The maximum Gasteiger partial charge on any atom is 0.234 e. The Kier molecular flexibility index (Phi) is 9.70. The lowest BCUT2D eigenvalue weighted by atomic mass is 10.1. The topological polar surface area (TPSA) is 72.9 Å². The number of hydrogen-bond donors (Lipinski definition) is 1. The van der Waals surface area contributed by atoms with Crippen LogP contribution in [0.5, 0.6) is 17.4 Å². The van der Waals surface area contributed by atoms with Crippen molar-refractivity contribution in [3.05, 3.63) is 83.6 Å². The predicted molar refractivity (Wildman–Crippen MR) is 139 cm³/mol. The second-order valence-electron chi connectivity index (χ2n) is 8.97. The Morgan fingerprint density at radius 2 is 1.75 bits per heavy atom. The first kappa shape index (κ1) is 25.7. The molecule has 1 aromatic heterocycles. The molecule has 0 fully saturated rings. The fraction of sp³-hybridized carbons (Fsp3) is 0.379. The molecule has 4 rings (SSSR count). The fourth-order valence-corrected chi connectivity index (χ4v) is 4.30. The predicted octanol–water partition coefficient (Wildman–Crippen LogP) is 5.09. The van der Waals surface area contributed by atoms with Gasteiger partial charge in [-0.2, -0.15) is 0 Å². The van der Waals surface area contributed by atoms with Gasteiger partial charge in [0, 0.05) is 32.0 Å². The Morgan fingerprint density at radius 3 is 2.61 bits per heavy atom. The number of carbonyl (C=O) groups excluding carboxylic acids is 1. The number of fused-ring (bicyclic) bond motifs is 2. The highest BCUT2D eigenvalue weighted by atomic mass is 16.5. The molecule has 7 nitrogen and oxygen atoms in total. The van der Waals surface area contributed by atoms with Crippen LogP contribution in [-0.2, 0) is 29.2 Å². The molecule has 0 aliphatic carbocycles.